The summed E-state index contributed by atoms with van der Waals surface area (Å²) in [5, 5.41) is 49.1. The Morgan fingerprint density at radius 2 is 1.50 bits per heavy atom. The molecule has 2 aromatic carbocycles. The summed E-state index contributed by atoms with van der Waals surface area (Å²) in [4.78, 5) is 129. The van der Waals surface area contributed by atoms with E-state index in [-0.39, 0.29) is 29.9 Å². The number of nitrogens with zero attached hydrogens (tertiary/aromatic N) is 1. The zero-order chi connectivity index (χ0) is 58.0. The number of ether oxygens (including phenoxy) is 3. The highest BCUT2D eigenvalue weighted by Crippen LogP contribution is 2.28. The number of hydrogen-bond donors (Lipinski definition) is 10. The molecule has 3 aliphatic heterocycles. The van der Waals surface area contributed by atoms with E-state index in [1.165, 1.54) is 69.9 Å². The van der Waals surface area contributed by atoms with E-state index in [2.05, 4.69) is 31.9 Å². The van der Waals surface area contributed by atoms with Gasteiger partial charge < -0.3 is 72.1 Å². The molecule has 1 fully saturated rings. The van der Waals surface area contributed by atoms with E-state index in [1.54, 1.807) is 65.0 Å². The van der Waals surface area contributed by atoms with Crippen LogP contribution in [-0.4, -0.2) is 172 Å². The Hall–Kier alpha value is -6.60. The molecule has 13 atom stereocenters. The minimum absolute atomic E-state index is 0.0316. The summed E-state index contributed by atoms with van der Waals surface area (Å²) in [5.41, 5.74) is 4.60. The van der Waals surface area contributed by atoms with Gasteiger partial charge in [0, 0.05) is 25.3 Å². The predicted molar refractivity (Wildman–Crippen MR) is 288 cm³/mol. The Labute approximate surface area is 459 Å². The van der Waals surface area contributed by atoms with Crippen molar-refractivity contribution in [2.75, 3.05) is 38.2 Å². The van der Waals surface area contributed by atoms with E-state index in [9.17, 15) is 53.7 Å². The van der Waals surface area contributed by atoms with Crippen LogP contribution in [0.3, 0.4) is 0 Å². The van der Waals surface area contributed by atoms with Crippen molar-refractivity contribution in [2.45, 2.75) is 141 Å². The second-order valence-electron chi connectivity index (χ2n) is 20.2. The number of nitrogens with one attached hydrogen (secondary N) is 6. The molecule has 78 heavy (non-hydrogen) atoms. The van der Waals surface area contributed by atoms with E-state index in [4.69, 9.17) is 19.9 Å². The lowest BCUT2D eigenvalue weighted by Gasteiger charge is -2.34. The number of carbonyl (C=O) groups is 9. The number of aliphatic hydroxyl groups excluding tert-OH is 2. The SMILES string of the molecule is CC[C@H](C)C1NC(=O)[C@@H](NC(=O)[C@H](C)[C@H](O)C(C)C)[C@@H](C)OC(=O)[C@@H]2COC(=O)CNC(=O)/C=C/[C@](O)(CSCCCN)[C@@H](C)Oc3ccc(cc3)[C@H](NC1=O)C(=O)N(C)[C@@H](Cc1ccccc1)C(=O)N[C@H]([C@@H](C)O)C(=O)N2. The van der Waals surface area contributed by atoms with Gasteiger partial charge in [-0.2, -0.15) is 11.8 Å². The van der Waals surface area contributed by atoms with Gasteiger partial charge >= 0.3 is 11.9 Å². The minimum atomic E-state index is -1.97. The average molecular weight is 1110 g/mol. The highest BCUT2D eigenvalue weighted by atomic mass is 32.2. The third-order valence-corrected chi connectivity index (χ3v) is 15.0. The maximum Gasteiger partial charge on any atom is 0.332 e. The Kier molecular flexibility index (Phi) is 24.5. The van der Waals surface area contributed by atoms with Gasteiger partial charge in [0.1, 0.15) is 66.9 Å². The number of fused-ring (bicyclic) bond motifs is 11. The van der Waals surface area contributed by atoms with E-state index >= 15 is 4.79 Å². The fourth-order valence-corrected chi connectivity index (χ4v) is 9.50. The molecule has 3 aliphatic rings. The molecule has 0 spiro atoms. The first-order valence-corrected chi connectivity index (χ1v) is 27.3. The number of thioether (sulfide) groups is 1. The highest BCUT2D eigenvalue weighted by Gasteiger charge is 2.42. The Balaban J connectivity index is 2.02. The first-order chi connectivity index (χ1) is 36.8. The van der Waals surface area contributed by atoms with E-state index in [0.717, 1.165) is 11.0 Å². The largest absolute Gasteiger partial charge is 0.487 e. The number of benzene rings is 2. The minimum Gasteiger partial charge on any atom is -0.487 e. The molecule has 4 bridgehead atoms. The Bertz CT molecular complexity index is 2430. The molecule has 0 aromatic heterocycles. The monoisotopic (exact) mass is 1110 g/mol. The van der Waals surface area contributed by atoms with Crippen molar-refractivity contribution < 1.29 is 72.7 Å². The van der Waals surface area contributed by atoms with Crippen LogP contribution in [0.2, 0.25) is 0 Å². The van der Waals surface area contributed by atoms with Crippen LogP contribution in [0.5, 0.6) is 5.75 Å². The number of cyclic esters (lactones) is 1. The smallest absolute Gasteiger partial charge is 0.332 e. The van der Waals surface area contributed by atoms with Gasteiger partial charge in [0.25, 0.3) is 0 Å². The predicted octanol–water partition coefficient (Wildman–Crippen LogP) is -0.312. The van der Waals surface area contributed by atoms with Crippen LogP contribution in [0.15, 0.2) is 66.7 Å². The molecule has 5 rings (SSSR count). The summed E-state index contributed by atoms with van der Waals surface area (Å²) >= 11 is 1.35. The lowest BCUT2D eigenvalue weighted by atomic mass is 9.93. The van der Waals surface area contributed by atoms with Crippen LogP contribution in [0.25, 0.3) is 0 Å². The molecule has 1 saturated heterocycles. The summed E-state index contributed by atoms with van der Waals surface area (Å²) in [6.07, 6.45) is -2.63. The Morgan fingerprint density at radius 3 is 2.12 bits per heavy atom. The van der Waals surface area contributed by atoms with Crippen LogP contribution in [0.1, 0.15) is 85.4 Å². The van der Waals surface area contributed by atoms with Crippen LogP contribution < -0.4 is 42.4 Å². The molecule has 3 heterocycles. The normalized spacial score (nSPS) is 27.6. The molecule has 11 N–H and O–H groups in total. The summed E-state index contributed by atoms with van der Waals surface area (Å²) in [6.45, 7) is 10.7. The van der Waals surface area contributed by atoms with Crippen LogP contribution in [0, 0.1) is 17.8 Å². The molecule has 2 aromatic rings. The summed E-state index contributed by atoms with van der Waals surface area (Å²) in [7, 11) is 1.31. The van der Waals surface area contributed by atoms with E-state index < -0.39 is 150 Å². The molecular formula is C54H78N8O15S. The molecule has 0 aliphatic carbocycles. The Morgan fingerprint density at radius 1 is 0.859 bits per heavy atom. The summed E-state index contributed by atoms with van der Waals surface area (Å²) in [6, 6.07) is 4.22. The highest BCUT2D eigenvalue weighted by molar-refractivity contribution is 7.99. The van der Waals surface area contributed by atoms with Gasteiger partial charge in [-0.25, -0.2) is 4.79 Å². The number of amides is 7. The number of hydrogen-bond acceptors (Lipinski definition) is 17. The van der Waals surface area contributed by atoms with Crippen LogP contribution >= 0.6 is 11.8 Å². The van der Waals surface area contributed by atoms with Crippen molar-refractivity contribution in [3.63, 3.8) is 0 Å². The first-order valence-electron chi connectivity index (χ1n) is 26.1. The quantitative estimate of drug-likeness (QED) is 0.0857. The van der Waals surface area contributed by atoms with Gasteiger partial charge in [0.15, 0.2) is 6.04 Å². The van der Waals surface area contributed by atoms with Crippen molar-refractivity contribution in [1.29, 1.82) is 0 Å². The maximum absolute atomic E-state index is 15.3. The number of carbonyl (C=O) groups excluding carboxylic acids is 9. The van der Waals surface area contributed by atoms with Crippen molar-refractivity contribution in [2.24, 2.45) is 23.5 Å². The van der Waals surface area contributed by atoms with E-state index in [0.29, 0.717) is 24.3 Å². The van der Waals surface area contributed by atoms with Crippen LogP contribution in [0.4, 0.5) is 0 Å². The third kappa shape index (κ3) is 18.0. The number of likely N-dealkylation sites (N-methyl/N-ethyl adjacent to an activating group) is 1. The molecule has 0 radical (unpaired) electrons. The fourth-order valence-electron chi connectivity index (χ4n) is 8.33. The summed E-state index contributed by atoms with van der Waals surface area (Å²) < 4.78 is 17.4. The van der Waals surface area contributed by atoms with Gasteiger partial charge in [0.05, 0.1) is 18.1 Å². The number of rotatable bonds is 14. The third-order valence-electron chi connectivity index (χ3n) is 13.7. The average Bonchev–Trinajstić information content (AvgIpc) is 3.42. The first kappa shape index (κ1) is 63.9. The van der Waals surface area contributed by atoms with Gasteiger partial charge in [-0.15, -0.1) is 0 Å². The fraction of sp³-hybridized carbons (Fsp3) is 0.574. The topological polar surface area (TPSA) is 343 Å². The molecule has 24 heteroatoms. The number of aliphatic hydroxyl groups is 3. The van der Waals surface area contributed by atoms with Crippen molar-refractivity contribution in [3.8, 4) is 5.75 Å². The summed E-state index contributed by atoms with van der Waals surface area (Å²) in [5.74, 6) is -10.6. The zero-order valence-corrected chi connectivity index (χ0v) is 46.5. The van der Waals surface area contributed by atoms with Gasteiger partial charge in [-0.1, -0.05) is 83.5 Å². The molecule has 7 amide bonds. The number of nitrogens with two attached hydrogens (primary N) is 1. The lowest BCUT2D eigenvalue weighted by Crippen LogP contribution is -2.61. The van der Waals surface area contributed by atoms with Crippen LogP contribution in [-0.2, 0) is 59.0 Å². The molecule has 23 nitrogen and oxygen atoms in total. The maximum atomic E-state index is 15.3. The zero-order valence-electron chi connectivity index (χ0n) is 45.7. The molecule has 1 unspecified atom stereocenters. The number of esters is 2. The van der Waals surface area contributed by atoms with Gasteiger partial charge in [0.2, 0.25) is 41.4 Å². The molecular weight excluding hydrogens is 1030 g/mol. The van der Waals surface area contributed by atoms with Crippen molar-refractivity contribution in [1.82, 2.24) is 36.8 Å². The van der Waals surface area contributed by atoms with E-state index in [1.807, 2.05) is 0 Å². The van der Waals surface area contributed by atoms with Gasteiger partial charge in [-0.05, 0) is 80.7 Å². The lowest BCUT2D eigenvalue weighted by molar-refractivity contribution is -0.160. The van der Waals surface area contributed by atoms with Crippen molar-refractivity contribution in [3.05, 3.63) is 77.9 Å². The molecule has 430 valence electrons. The van der Waals surface area contributed by atoms with Gasteiger partial charge in [-0.3, -0.25) is 38.4 Å². The molecule has 0 saturated carbocycles. The standard InChI is InChI=1S/C54H78N8O15S/c1-10-30(4)42-49(69)61-45-36-17-19-37(20-18-36)77-34(8)54(74,28-78-24-14-23-55)22-21-40(64)56-26-41(65)75-27-38(53(73)76-33(7)44(51(71)58-42)60-47(67)31(5)46(66)29(2)3)57-50(70)43(32(6)63)59-48(68)39(62(9)52(45)72)25-35-15-12-11-13-16-35/h11-13,15-22,29-34,38-39,42-46,63,66,74H,10,14,23-28,55H2,1-9H3,(H,56,64)(H,57,70)(H,58,71)(H,59,68)(H,60,67)(H,61,69)/b22-21+/t30-,31+,32+,33+,34+,38-,39-,42?,43+,44-,45-,46+,54-/m0/s1. The van der Waals surface area contributed by atoms with Crippen molar-refractivity contribution >= 4 is 65.1 Å². The second-order valence-corrected chi connectivity index (χ2v) is 21.3. The second kappa shape index (κ2) is 30.0.